The molecular weight excluding hydrogens is 560 g/mol. The van der Waals surface area contributed by atoms with Gasteiger partial charge in [0.15, 0.2) is 4.80 Å². The highest BCUT2D eigenvalue weighted by Gasteiger charge is 2.35. The van der Waals surface area contributed by atoms with Crippen molar-refractivity contribution in [3.05, 3.63) is 121 Å². The number of carbonyl (C=O) groups is 1. The second-order valence-electron chi connectivity index (χ2n) is 10.9. The minimum Gasteiger partial charge on any atom is -0.493 e. The topological polar surface area (TPSA) is 79.1 Å². The Kier molecular flexibility index (Phi) is 9.26. The van der Waals surface area contributed by atoms with Crippen LogP contribution in [0.5, 0.6) is 11.5 Å². The monoisotopic (exact) mass is 596 g/mol. The Balaban J connectivity index is 1.68. The van der Waals surface area contributed by atoms with Crippen LogP contribution in [0.25, 0.3) is 11.8 Å². The zero-order chi connectivity index (χ0) is 30.5. The summed E-state index contributed by atoms with van der Waals surface area (Å²) in [6.07, 6.45) is 1.86. The van der Waals surface area contributed by atoms with Crippen molar-refractivity contribution >= 4 is 29.1 Å². The van der Waals surface area contributed by atoms with Crippen LogP contribution in [0, 0.1) is 5.92 Å². The van der Waals surface area contributed by atoms with Gasteiger partial charge in [-0.05, 0) is 68.2 Å². The number of thiazole rings is 1. The quantitative estimate of drug-likeness (QED) is 0.218. The lowest BCUT2D eigenvalue weighted by Gasteiger charge is -2.26. The van der Waals surface area contributed by atoms with Crippen LogP contribution in [0.1, 0.15) is 57.4 Å². The summed E-state index contributed by atoms with van der Waals surface area (Å²) >= 11 is 1.30. The lowest BCUT2D eigenvalue weighted by Crippen LogP contribution is -2.40. The minimum atomic E-state index is -0.743. The average molecular weight is 597 g/mol. The highest BCUT2D eigenvalue weighted by atomic mass is 32.1. The molecule has 4 aromatic rings. The second kappa shape index (κ2) is 13.3. The Hall–Kier alpha value is -4.43. The summed E-state index contributed by atoms with van der Waals surface area (Å²) in [6.45, 7) is 10.7. The highest BCUT2D eigenvalue weighted by molar-refractivity contribution is 7.07. The van der Waals surface area contributed by atoms with Crippen molar-refractivity contribution in [3.63, 3.8) is 0 Å². The van der Waals surface area contributed by atoms with Gasteiger partial charge in [0.25, 0.3) is 5.56 Å². The zero-order valence-electron chi connectivity index (χ0n) is 25.1. The van der Waals surface area contributed by atoms with E-state index in [0.29, 0.717) is 38.9 Å². The number of esters is 1. The fraction of sp³-hybridized carbons (Fsp3) is 0.286. The van der Waals surface area contributed by atoms with Crippen LogP contribution in [0.3, 0.4) is 0 Å². The molecular formula is C35H36N2O5S. The molecule has 43 heavy (non-hydrogen) atoms. The van der Waals surface area contributed by atoms with E-state index in [0.717, 1.165) is 22.4 Å². The number of hydrogen-bond acceptors (Lipinski definition) is 7. The molecule has 0 saturated carbocycles. The molecule has 5 rings (SSSR count). The molecule has 1 aliphatic heterocycles. The van der Waals surface area contributed by atoms with E-state index in [1.54, 1.807) is 11.5 Å². The molecule has 0 spiro atoms. The molecule has 1 atom stereocenters. The number of ether oxygens (including phenoxy) is 3. The molecule has 0 fully saturated rings. The molecule has 1 aliphatic rings. The lowest BCUT2D eigenvalue weighted by atomic mass is 9.93. The van der Waals surface area contributed by atoms with E-state index in [1.807, 2.05) is 98.8 Å². The molecule has 0 saturated heterocycles. The highest BCUT2D eigenvalue weighted by Crippen LogP contribution is 2.35. The first-order valence-corrected chi connectivity index (χ1v) is 15.3. The molecule has 0 unspecified atom stereocenters. The Labute approximate surface area is 255 Å². The maximum absolute atomic E-state index is 14.1. The Bertz CT molecular complexity index is 1780. The summed E-state index contributed by atoms with van der Waals surface area (Å²) in [6, 6.07) is 24.0. The Morgan fingerprint density at radius 2 is 1.63 bits per heavy atom. The fourth-order valence-corrected chi connectivity index (χ4v) is 5.83. The molecule has 0 amide bonds. The van der Waals surface area contributed by atoms with Gasteiger partial charge >= 0.3 is 5.97 Å². The third-order valence-electron chi connectivity index (χ3n) is 6.70. The number of rotatable bonds is 10. The van der Waals surface area contributed by atoms with E-state index in [9.17, 15) is 9.59 Å². The number of benzene rings is 3. The maximum Gasteiger partial charge on any atom is 0.338 e. The number of hydrogen-bond donors (Lipinski definition) is 0. The van der Waals surface area contributed by atoms with Crippen molar-refractivity contribution in [2.24, 2.45) is 10.9 Å². The van der Waals surface area contributed by atoms with Crippen molar-refractivity contribution in [1.82, 2.24) is 4.57 Å². The van der Waals surface area contributed by atoms with Crippen molar-refractivity contribution in [2.75, 3.05) is 13.2 Å². The number of fused-ring (bicyclic) bond motifs is 1. The van der Waals surface area contributed by atoms with Crippen molar-refractivity contribution < 1.29 is 19.0 Å². The average Bonchev–Trinajstić information content (AvgIpc) is 3.30. The van der Waals surface area contributed by atoms with Gasteiger partial charge in [-0.1, -0.05) is 79.8 Å². The summed E-state index contributed by atoms with van der Waals surface area (Å²) < 4.78 is 19.3. The van der Waals surface area contributed by atoms with Crippen molar-refractivity contribution in [3.8, 4) is 11.5 Å². The summed E-state index contributed by atoms with van der Waals surface area (Å²) in [7, 11) is 0. The SMILES string of the molecule is CCOC(=O)C1=C(c2ccccc2)N=c2s/c(=C\c3ccc(OCC(C)C)cc3)c(=O)n2[C@H]1c1ccc(OC(C)C)cc1. The van der Waals surface area contributed by atoms with Crippen LogP contribution in [-0.4, -0.2) is 29.9 Å². The Morgan fingerprint density at radius 3 is 2.26 bits per heavy atom. The summed E-state index contributed by atoms with van der Waals surface area (Å²) in [5, 5.41) is 0. The molecule has 0 radical (unpaired) electrons. The van der Waals surface area contributed by atoms with Gasteiger partial charge in [-0.25, -0.2) is 9.79 Å². The van der Waals surface area contributed by atoms with E-state index in [-0.39, 0.29) is 18.3 Å². The molecule has 0 aliphatic carbocycles. The first-order chi connectivity index (χ1) is 20.7. The predicted molar refractivity (Wildman–Crippen MR) is 170 cm³/mol. The normalized spacial score (nSPS) is 15.0. The van der Waals surface area contributed by atoms with E-state index >= 15 is 0 Å². The van der Waals surface area contributed by atoms with E-state index in [1.165, 1.54) is 11.3 Å². The maximum atomic E-state index is 14.1. The van der Waals surface area contributed by atoms with Crippen LogP contribution < -0.4 is 24.4 Å². The molecule has 0 bridgehead atoms. The van der Waals surface area contributed by atoms with Gasteiger partial charge in [0, 0.05) is 5.56 Å². The minimum absolute atomic E-state index is 0.0130. The largest absolute Gasteiger partial charge is 0.493 e. The van der Waals surface area contributed by atoms with Crippen LogP contribution in [-0.2, 0) is 9.53 Å². The number of carbonyl (C=O) groups excluding carboxylic acids is 1. The van der Waals surface area contributed by atoms with Crippen molar-refractivity contribution in [2.45, 2.75) is 46.8 Å². The van der Waals surface area contributed by atoms with Crippen LogP contribution in [0.2, 0.25) is 0 Å². The van der Waals surface area contributed by atoms with Crippen LogP contribution >= 0.6 is 11.3 Å². The first kappa shape index (κ1) is 30.0. The van der Waals surface area contributed by atoms with Gasteiger partial charge in [-0.3, -0.25) is 9.36 Å². The molecule has 3 aromatic carbocycles. The van der Waals surface area contributed by atoms with E-state index in [4.69, 9.17) is 19.2 Å². The van der Waals surface area contributed by atoms with Gasteiger partial charge in [0.05, 0.1) is 41.2 Å². The van der Waals surface area contributed by atoms with E-state index < -0.39 is 12.0 Å². The summed E-state index contributed by atoms with van der Waals surface area (Å²) in [5.74, 6) is 1.40. The van der Waals surface area contributed by atoms with Gasteiger partial charge in [0.2, 0.25) is 0 Å². The number of nitrogens with zero attached hydrogens (tertiary/aromatic N) is 2. The summed E-state index contributed by atoms with van der Waals surface area (Å²) in [4.78, 5) is 33.1. The van der Waals surface area contributed by atoms with E-state index in [2.05, 4.69) is 13.8 Å². The van der Waals surface area contributed by atoms with Gasteiger partial charge in [-0.15, -0.1) is 0 Å². The lowest BCUT2D eigenvalue weighted by molar-refractivity contribution is -0.138. The second-order valence-corrected chi connectivity index (χ2v) is 12.0. The third-order valence-corrected chi connectivity index (χ3v) is 7.69. The number of aromatic nitrogens is 1. The molecule has 7 nitrogen and oxygen atoms in total. The fourth-order valence-electron chi connectivity index (χ4n) is 4.83. The standard InChI is InChI=1S/C35H36N2O5S/c1-6-40-34(39)30-31(25-10-8-7-9-11-25)36-35-37(32(30)26-14-18-28(19-15-26)42-23(4)5)33(38)29(43-35)20-24-12-16-27(17-13-24)41-21-22(2)3/h7-20,22-23,32H,6,21H2,1-5H3/b29-20-/t32-/m0/s1. The molecule has 0 N–H and O–H groups in total. The summed E-state index contributed by atoms with van der Waals surface area (Å²) in [5.41, 5.74) is 2.96. The first-order valence-electron chi connectivity index (χ1n) is 14.5. The van der Waals surface area contributed by atoms with Gasteiger partial charge in [0.1, 0.15) is 11.5 Å². The van der Waals surface area contributed by atoms with Crippen LogP contribution in [0.4, 0.5) is 0 Å². The van der Waals surface area contributed by atoms with Crippen LogP contribution in [0.15, 0.2) is 94.2 Å². The smallest absolute Gasteiger partial charge is 0.338 e. The Morgan fingerprint density at radius 1 is 0.953 bits per heavy atom. The molecule has 1 aromatic heterocycles. The molecule has 2 heterocycles. The van der Waals surface area contributed by atoms with Gasteiger partial charge in [-0.2, -0.15) is 0 Å². The van der Waals surface area contributed by atoms with Gasteiger partial charge < -0.3 is 14.2 Å². The third kappa shape index (κ3) is 6.81. The molecule has 8 heteroatoms. The zero-order valence-corrected chi connectivity index (χ0v) is 25.9. The van der Waals surface area contributed by atoms with Crippen molar-refractivity contribution in [1.29, 1.82) is 0 Å². The predicted octanol–water partition coefficient (Wildman–Crippen LogP) is 5.76. The molecule has 222 valence electrons.